The second-order valence-electron chi connectivity index (χ2n) is 5.34. The summed E-state index contributed by atoms with van der Waals surface area (Å²) in [7, 11) is 4.01. The van der Waals surface area contributed by atoms with Crippen molar-refractivity contribution in [3.05, 3.63) is 41.2 Å². The molecule has 0 aliphatic heterocycles. The van der Waals surface area contributed by atoms with Gasteiger partial charge in [-0.1, -0.05) is 12.1 Å². The van der Waals surface area contributed by atoms with Gasteiger partial charge in [-0.3, -0.25) is 4.79 Å². The van der Waals surface area contributed by atoms with Crippen molar-refractivity contribution >= 4 is 17.2 Å². The van der Waals surface area contributed by atoms with Gasteiger partial charge in [-0.25, -0.2) is 9.37 Å². The molecular weight excluding hydrogens is 301 g/mol. The molecule has 0 atom stereocenters. The van der Waals surface area contributed by atoms with Crippen molar-refractivity contribution in [1.82, 2.24) is 15.2 Å². The number of halogens is 1. The summed E-state index contributed by atoms with van der Waals surface area (Å²) in [5.41, 5.74) is 1.46. The molecule has 0 spiro atoms. The molecule has 4 nitrogen and oxygen atoms in total. The number of carbonyl (C=O) groups is 1. The van der Waals surface area contributed by atoms with Gasteiger partial charge in [-0.15, -0.1) is 11.3 Å². The van der Waals surface area contributed by atoms with Crippen LogP contribution in [0.25, 0.3) is 10.6 Å². The van der Waals surface area contributed by atoms with Crippen molar-refractivity contribution < 1.29 is 9.18 Å². The molecule has 1 amide bonds. The summed E-state index contributed by atoms with van der Waals surface area (Å²) in [6, 6.07) is 6.32. The van der Waals surface area contributed by atoms with Gasteiger partial charge < -0.3 is 10.2 Å². The topological polar surface area (TPSA) is 45.2 Å². The Morgan fingerprint density at radius 1 is 1.41 bits per heavy atom. The number of thiazole rings is 1. The molecule has 0 radical (unpaired) electrons. The van der Waals surface area contributed by atoms with Crippen molar-refractivity contribution in [2.24, 2.45) is 0 Å². The van der Waals surface area contributed by atoms with E-state index in [9.17, 15) is 9.18 Å². The van der Waals surface area contributed by atoms with Crippen LogP contribution in [0, 0.1) is 5.82 Å². The second kappa shape index (κ2) is 8.00. The van der Waals surface area contributed by atoms with Crippen LogP contribution >= 0.6 is 11.3 Å². The normalized spacial score (nSPS) is 10.9. The average molecular weight is 321 g/mol. The molecule has 6 heteroatoms. The Bertz CT molecular complexity index is 627. The lowest BCUT2D eigenvalue weighted by Gasteiger charge is -2.09. The number of rotatable bonds is 7. The lowest BCUT2D eigenvalue weighted by Crippen LogP contribution is -2.28. The molecule has 0 saturated carbocycles. The highest BCUT2D eigenvalue weighted by Gasteiger charge is 2.09. The van der Waals surface area contributed by atoms with Crippen molar-refractivity contribution in [2.75, 3.05) is 27.2 Å². The second-order valence-corrected chi connectivity index (χ2v) is 6.20. The van der Waals surface area contributed by atoms with Gasteiger partial charge in [0.1, 0.15) is 10.8 Å². The molecule has 1 aromatic carbocycles. The highest BCUT2D eigenvalue weighted by Crippen LogP contribution is 2.24. The lowest BCUT2D eigenvalue weighted by molar-refractivity contribution is -0.120. The molecule has 0 bridgehead atoms. The summed E-state index contributed by atoms with van der Waals surface area (Å²) in [5.74, 6) is -0.317. The molecule has 0 unspecified atom stereocenters. The largest absolute Gasteiger partial charge is 0.356 e. The van der Waals surface area contributed by atoms with E-state index in [2.05, 4.69) is 15.2 Å². The first-order chi connectivity index (χ1) is 10.5. The fraction of sp³-hybridized carbons (Fsp3) is 0.375. The van der Waals surface area contributed by atoms with E-state index in [0.29, 0.717) is 6.54 Å². The Morgan fingerprint density at radius 2 is 2.23 bits per heavy atom. The summed E-state index contributed by atoms with van der Waals surface area (Å²) in [6.07, 6.45) is 1.18. The number of nitrogens with zero attached hydrogens (tertiary/aromatic N) is 2. The summed E-state index contributed by atoms with van der Waals surface area (Å²) >= 11 is 1.42. The molecule has 0 aliphatic rings. The van der Waals surface area contributed by atoms with Crippen LogP contribution in [0.3, 0.4) is 0 Å². The maximum atomic E-state index is 13.2. The molecule has 22 heavy (non-hydrogen) atoms. The van der Waals surface area contributed by atoms with Crippen LogP contribution in [0.5, 0.6) is 0 Å². The molecule has 118 valence electrons. The van der Waals surface area contributed by atoms with Gasteiger partial charge in [0.05, 0.1) is 12.1 Å². The Morgan fingerprint density at radius 3 is 2.95 bits per heavy atom. The number of carbonyl (C=O) groups excluding carboxylic acids is 1. The van der Waals surface area contributed by atoms with Gasteiger partial charge in [0.25, 0.3) is 0 Å². The number of hydrogen-bond donors (Lipinski definition) is 1. The Hall–Kier alpha value is -1.79. The third-order valence-corrected chi connectivity index (χ3v) is 4.01. The maximum Gasteiger partial charge on any atom is 0.226 e. The van der Waals surface area contributed by atoms with Crippen LogP contribution in [0.2, 0.25) is 0 Å². The highest BCUT2D eigenvalue weighted by atomic mass is 32.1. The molecule has 0 aliphatic carbocycles. The third kappa shape index (κ3) is 5.20. The highest BCUT2D eigenvalue weighted by molar-refractivity contribution is 7.13. The maximum absolute atomic E-state index is 13.2. The number of amides is 1. The van der Waals surface area contributed by atoms with Crippen molar-refractivity contribution in [3.8, 4) is 10.6 Å². The molecular formula is C16H20FN3OS. The molecule has 0 fully saturated rings. The van der Waals surface area contributed by atoms with Gasteiger partial charge in [0.15, 0.2) is 0 Å². The predicted molar refractivity (Wildman–Crippen MR) is 87.4 cm³/mol. The molecule has 0 saturated heterocycles. The fourth-order valence-electron chi connectivity index (χ4n) is 1.99. The first kappa shape index (κ1) is 16.6. The fourth-order valence-corrected chi connectivity index (χ4v) is 2.81. The van der Waals surface area contributed by atoms with E-state index in [1.165, 1.54) is 23.5 Å². The summed E-state index contributed by atoms with van der Waals surface area (Å²) in [5, 5.41) is 5.46. The number of aromatic nitrogens is 1. The van der Waals surface area contributed by atoms with Gasteiger partial charge >= 0.3 is 0 Å². The Balaban J connectivity index is 1.85. The van der Waals surface area contributed by atoms with Crippen LogP contribution in [0.1, 0.15) is 12.1 Å². The van der Waals surface area contributed by atoms with E-state index in [-0.39, 0.29) is 18.1 Å². The quantitative estimate of drug-likeness (QED) is 0.797. The van der Waals surface area contributed by atoms with Crippen molar-refractivity contribution in [2.45, 2.75) is 12.8 Å². The van der Waals surface area contributed by atoms with Crippen molar-refractivity contribution in [1.29, 1.82) is 0 Å². The van der Waals surface area contributed by atoms with E-state index in [1.807, 2.05) is 25.5 Å². The van der Waals surface area contributed by atoms with Gasteiger partial charge in [0.2, 0.25) is 5.91 Å². The standard InChI is InChI=1S/C16H20FN3OS/c1-20(2)8-4-7-18-15(21)10-14-11-22-16(19-14)12-5-3-6-13(17)9-12/h3,5-6,9,11H,4,7-8,10H2,1-2H3,(H,18,21). The number of benzene rings is 1. The SMILES string of the molecule is CN(C)CCCNC(=O)Cc1csc(-c2cccc(F)c2)n1. The van der Waals surface area contributed by atoms with E-state index < -0.39 is 0 Å². The first-order valence-corrected chi connectivity index (χ1v) is 8.04. The minimum atomic E-state index is -0.284. The van der Waals surface area contributed by atoms with Crippen LogP contribution in [-0.2, 0) is 11.2 Å². The minimum Gasteiger partial charge on any atom is -0.356 e. The predicted octanol–water partition coefficient (Wildman–Crippen LogP) is 2.56. The molecule has 1 N–H and O–H groups in total. The third-order valence-electron chi connectivity index (χ3n) is 3.07. The van der Waals surface area contributed by atoms with Crippen LogP contribution in [-0.4, -0.2) is 43.0 Å². The first-order valence-electron chi connectivity index (χ1n) is 7.16. The zero-order valence-corrected chi connectivity index (χ0v) is 13.6. The van der Waals surface area contributed by atoms with Crippen LogP contribution < -0.4 is 5.32 Å². The summed E-state index contributed by atoms with van der Waals surface area (Å²) in [6.45, 7) is 1.61. The summed E-state index contributed by atoms with van der Waals surface area (Å²) < 4.78 is 13.2. The zero-order valence-electron chi connectivity index (χ0n) is 12.8. The lowest BCUT2D eigenvalue weighted by atomic mass is 10.2. The van der Waals surface area contributed by atoms with E-state index in [1.54, 1.807) is 6.07 Å². The van der Waals surface area contributed by atoms with Gasteiger partial charge in [-0.05, 0) is 39.2 Å². The van der Waals surface area contributed by atoms with E-state index in [0.717, 1.165) is 29.2 Å². The molecule has 2 aromatic rings. The summed E-state index contributed by atoms with van der Waals surface area (Å²) in [4.78, 5) is 18.3. The molecule has 2 rings (SSSR count). The Kier molecular flexibility index (Phi) is 6.03. The van der Waals surface area contributed by atoms with Crippen LogP contribution in [0.15, 0.2) is 29.6 Å². The number of hydrogen-bond acceptors (Lipinski definition) is 4. The molecule has 1 aromatic heterocycles. The average Bonchev–Trinajstić information content (AvgIpc) is 2.92. The smallest absolute Gasteiger partial charge is 0.226 e. The zero-order chi connectivity index (χ0) is 15.9. The van der Waals surface area contributed by atoms with E-state index >= 15 is 0 Å². The monoisotopic (exact) mass is 321 g/mol. The van der Waals surface area contributed by atoms with Crippen LogP contribution in [0.4, 0.5) is 4.39 Å². The Labute approximate surface area is 134 Å². The molecule has 1 heterocycles. The van der Waals surface area contributed by atoms with E-state index in [4.69, 9.17) is 0 Å². The van der Waals surface area contributed by atoms with Crippen molar-refractivity contribution in [3.63, 3.8) is 0 Å². The number of nitrogens with one attached hydrogen (secondary N) is 1. The minimum absolute atomic E-state index is 0.0325. The van der Waals surface area contributed by atoms with Gasteiger partial charge in [0, 0.05) is 17.5 Å². The van der Waals surface area contributed by atoms with Gasteiger partial charge in [-0.2, -0.15) is 0 Å².